The number of rotatable bonds is 4. The summed E-state index contributed by atoms with van der Waals surface area (Å²) in [5, 5.41) is 11.2. The molecule has 7 heteroatoms. The molecule has 0 radical (unpaired) electrons. The highest BCUT2D eigenvalue weighted by atomic mass is 32.1. The zero-order valence-electron chi connectivity index (χ0n) is 9.91. The molecule has 0 bridgehead atoms. The molecule has 3 rings (SSSR count). The van der Waals surface area contributed by atoms with Gasteiger partial charge in [0, 0.05) is 18.0 Å². The Bertz CT molecular complexity index is 699. The van der Waals surface area contributed by atoms with E-state index in [9.17, 15) is 0 Å². The van der Waals surface area contributed by atoms with Crippen LogP contribution in [-0.2, 0) is 6.54 Å². The summed E-state index contributed by atoms with van der Waals surface area (Å²) >= 11 is 6.91. The van der Waals surface area contributed by atoms with Gasteiger partial charge in [0.25, 0.3) is 0 Å². The van der Waals surface area contributed by atoms with Gasteiger partial charge in [-0.2, -0.15) is 16.4 Å². The Kier molecular flexibility index (Phi) is 3.39. The minimum absolute atomic E-state index is 0.544. The molecule has 0 aliphatic rings. The zero-order chi connectivity index (χ0) is 13.1. The first kappa shape index (κ1) is 12.1. The molecule has 19 heavy (non-hydrogen) atoms. The van der Waals surface area contributed by atoms with Crippen LogP contribution in [-0.4, -0.2) is 19.9 Å². The minimum atomic E-state index is 0.544. The Hall–Kier alpha value is -1.99. The molecule has 0 amide bonds. The van der Waals surface area contributed by atoms with Gasteiger partial charge in [0.05, 0.1) is 6.54 Å². The molecular formula is C12H11N5S2. The molecule has 0 saturated heterocycles. The predicted octanol–water partition coefficient (Wildman–Crippen LogP) is 2.81. The van der Waals surface area contributed by atoms with Gasteiger partial charge in [0.15, 0.2) is 5.82 Å². The van der Waals surface area contributed by atoms with Crippen LogP contribution in [0.2, 0.25) is 0 Å². The summed E-state index contributed by atoms with van der Waals surface area (Å²) in [6.45, 7) is 0.704. The van der Waals surface area contributed by atoms with E-state index in [0.717, 1.165) is 11.4 Å². The van der Waals surface area contributed by atoms with Gasteiger partial charge in [-0.15, -0.1) is 0 Å². The number of thiophene rings is 1. The lowest BCUT2D eigenvalue weighted by molar-refractivity contribution is 0.833. The van der Waals surface area contributed by atoms with Gasteiger partial charge in [-0.05, 0) is 46.7 Å². The zero-order valence-corrected chi connectivity index (χ0v) is 11.5. The van der Waals surface area contributed by atoms with Crippen molar-refractivity contribution in [1.82, 2.24) is 19.9 Å². The highest BCUT2D eigenvalue weighted by Gasteiger charge is 2.08. The highest BCUT2D eigenvalue weighted by molar-refractivity contribution is 7.71. The lowest BCUT2D eigenvalue weighted by atomic mass is 10.2. The van der Waals surface area contributed by atoms with Crippen LogP contribution in [0.5, 0.6) is 0 Å². The summed E-state index contributed by atoms with van der Waals surface area (Å²) < 4.78 is 2.32. The number of pyridine rings is 1. The normalized spacial score (nSPS) is 10.5. The number of H-pyrrole nitrogens is 1. The number of aromatic amines is 1. The van der Waals surface area contributed by atoms with Crippen LogP contribution >= 0.6 is 23.6 Å². The van der Waals surface area contributed by atoms with Gasteiger partial charge in [0.2, 0.25) is 4.77 Å². The monoisotopic (exact) mass is 289 g/mol. The Morgan fingerprint density at radius 2 is 2.16 bits per heavy atom. The molecule has 2 N–H and O–H groups in total. The number of aromatic nitrogens is 4. The van der Waals surface area contributed by atoms with Crippen molar-refractivity contribution in [2.45, 2.75) is 6.54 Å². The molecule has 0 saturated carbocycles. The van der Waals surface area contributed by atoms with Crippen molar-refractivity contribution in [1.29, 1.82) is 0 Å². The van der Waals surface area contributed by atoms with Gasteiger partial charge >= 0.3 is 0 Å². The lowest BCUT2D eigenvalue weighted by Gasteiger charge is -2.08. The maximum atomic E-state index is 5.24. The van der Waals surface area contributed by atoms with Gasteiger partial charge in [-0.1, -0.05) is 0 Å². The third-order valence-electron chi connectivity index (χ3n) is 2.63. The van der Waals surface area contributed by atoms with Crippen molar-refractivity contribution in [3.63, 3.8) is 0 Å². The third kappa shape index (κ3) is 2.56. The van der Waals surface area contributed by atoms with Gasteiger partial charge in [-0.3, -0.25) is 4.98 Å². The maximum absolute atomic E-state index is 5.24. The van der Waals surface area contributed by atoms with E-state index >= 15 is 0 Å². The standard InChI is InChI=1S/C12H11N5S2/c18-12-16-15-11(10-1-4-13-5-2-10)17(12)14-7-9-3-6-19-8-9/h1-6,8,14H,7H2,(H,16,18). The molecule has 0 unspecified atom stereocenters. The second kappa shape index (κ2) is 5.33. The quantitative estimate of drug-likeness (QED) is 0.725. The summed E-state index contributed by atoms with van der Waals surface area (Å²) in [4.78, 5) is 4.00. The van der Waals surface area contributed by atoms with E-state index in [2.05, 4.69) is 37.4 Å². The largest absolute Gasteiger partial charge is 0.317 e. The maximum Gasteiger partial charge on any atom is 0.214 e. The average Bonchev–Trinajstić information content (AvgIpc) is 3.07. The molecule has 0 atom stereocenters. The number of nitrogens with zero attached hydrogens (tertiary/aromatic N) is 3. The third-order valence-corrected chi connectivity index (χ3v) is 3.64. The second-order valence-corrected chi connectivity index (χ2v) is 5.06. The number of hydrogen-bond acceptors (Lipinski definition) is 5. The summed E-state index contributed by atoms with van der Waals surface area (Å²) in [7, 11) is 0. The molecule has 3 heterocycles. The van der Waals surface area contributed by atoms with E-state index in [-0.39, 0.29) is 0 Å². The minimum Gasteiger partial charge on any atom is -0.317 e. The van der Waals surface area contributed by atoms with Crippen molar-refractivity contribution >= 4 is 23.6 Å². The van der Waals surface area contributed by atoms with Gasteiger partial charge in [-0.25, -0.2) is 9.77 Å². The Morgan fingerprint density at radius 1 is 1.32 bits per heavy atom. The topological polar surface area (TPSA) is 58.5 Å². The van der Waals surface area contributed by atoms with Crippen molar-refractivity contribution < 1.29 is 0 Å². The summed E-state index contributed by atoms with van der Waals surface area (Å²) in [6.07, 6.45) is 3.46. The molecule has 0 spiro atoms. The van der Waals surface area contributed by atoms with Gasteiger partial charge < -0.3 is 5.43 Å². The first-order valence-electron chi connectivity index (χ1n) is 5.67. The Balaban J connectivity index is 1.89. The predicted molar refractivity (Wildman–Crippen MR) is 78.0 cm³/mol. The SMILES string of the molecule is S=c1[nH]nc(-c2ccncc2)n1NCc1ccsc1. The van der Waals surface area contributed by atoms with Crippen LogP contribution in [0.1, 0.15) is 5.56 Å². The Labute approximate surface area is 118 Å². The van der Waals surface area contributed by atoms with E-state index in [1.807, 2.05) is 12.1 Å². The first-order valence-corrected chi connectivity index (χ1v) is 7.02. The van der Waals surface area contributed by atoms with Crippen LogP contribution in [0.3, 0.4) is 0 Å². The second-order valence-electron chi connectivity index (χ2n) is 3.89. The molecule has 5 nitrogen and oxygen atoms in total. The molecule has 0 fully saturated rings. The van der Waals surface area contributed by atoms with Gasteiger partial charge in [0.1, 0.15) is 0 Å². The van der Waals surface area contributed by atoms with E-state index in [0.29, 0.717) is 11.3 Å². The van der Waals surface area contributed by atoms with Crippen molar-refractivity contribution in [2.24, 2.45) is 0 Å². The van der Waals surface area contributed by atoms with E-state index in [1.54, 1.807) is 28.4 Å². The van der Waals surface area contributed by atoms with Crippen LogP contribution in [0.25, 0.3) is 11.4 Å². The van der Waals surface area contributed by atoms with Crippen molar-refractivity contribution in [3.8, 4) is 11.4 Å². The smallest absolute Gasteiger partial charge is 0.214 e. The molecule has 0 aliphatic heterocycles. The van der Waals surface area contributed by atoms with Crippen LogP contribution < -0.4 is 5.43 Å². The molecule has 0 aromatic carbocycles. The Morgan fingerprint density at radius 3 is 2.89 bits per heavy atom. The van der Waals surface area contributed by atoms with E-state index < -0.39 is 0 Å². The number of hydrogen-bond donors (Lipinski definition) is 2. The molecular weight excluding hydrogens is 278 g/mol. The highest BCUT2D eigenvalue weighted by Crippen LogP contribution is 2.15. The lowest BCUT2D eigenvalue weighted by Crippen LogP contribution is -2.15. The van der Waals surface area contributed by atoms with E-state index in [1.165, 1.54) is 5.56 Å². The van der Waals surface area contributed by atoms with E-state index in [4.69, 9.17) is 12.2 Å². The first-order chi connectivity index (χ1) is 9.34. The fourth-order valence-corrected chi connectivity index (χ4v) is 2.57. The molecule has 96 valence electrons. The van der Waals surface area contributed by atoms with Crippen LogP contribution in [0, 0.1) is 4.77 Å². The molecule has 3 aromatic heterocycles. The van der Waals surface area contributed by atoms with Crippen molar-refractivity contribution in [3.05, 3.63) is 51.7 Å². The van der Waals surface area contributed by atoms with Crippen LogP contribution in [0.4, 0.5) is 0 Å². The summed E-state index contributed by atoms with van der Waals surface area (Å²) in [6, 6.07) is 5.87. The molecule has 3 aromatic rings. The molecule has 0 aliphatic carbocycles. The average molecular weight is 289 g/mol. The van der Waals surface area contributed by atoms with Crippen LogP contribution in [0.15, 0.2) is 41.4 Å². The number of nitrogens with one attached hydrogen (secondary N) is 2. The fourth-order valence-electron chi connectivity index (χ4n) is 1.70. The van der Waals surface area contributed by atoms with Crippen molar-refractivity contribution in [2.75, 3.05) is 5.43 Å². The summed E-state index contributed by atoms with van der Waals surface area (Å²) in [5.41, 5.74) is 5.44. The fraction of sp³-hybridized carbons (Fsp3) is 0.0833. The summed E-state index contributed by atoms with van der Waals surface area (Å²) in [5.74, 6) is 0.752.